The van der Waals surface area contributed by atoms with Crippen LogP contribution in [0.1, 0.15) is 11.1 Å². The van der Waals surface area contributed by atoms with Gasteiger partial charge in [0.15, 0.2) is 0 Å². The summed E-state index contributed by atoms with van der Waals surface area (Å²) in [6, 6.07) is 7.42. The van der Waals surface area contributed by atoms with Gasteiger partial charge in [-0.1, -0.05) is 24.3 Å². The summed E-state index contributed by atoms with van der Waals surface area (Å²) < 4.78 is 10.8. The summed E-state index contributed by atoms with van der Waals surface area (Å²) in [7, 11) is -4.16. The van der Waals surface area contributed by atoms with Gasteiger partial charge in [-0.2, -0.15) is 0 Å². The number of hydrogen-bond acceptors (Lipinski definition) is 2. The van der Waals surface area contributed by atoms with Crippen LogP contribution in [0.5, 0.6) is 0 Å². The normalized spacial score (nSPS) is 14.0. The number of hydrogen-bond donors (Lipinski definition) is 3. The van der Waals surface area contributed by atoms with Crippen molar-refractivity contribution in [2.24, 2.45) is 5.73 Å². The highest BCUT2D eigenvalue weighted by Gasteiger charge is 2.24. The highest BCUT2D eigenvalue weighted by atomic mass is 31.2. The first-order chi connectivity index (χ1) is 6.41. The quantitative estimate of drug-likeness (QED) is 0.657. The van der Waals surface area contributed by atoms with Gasteiger partial charge in [0.05, 0.1) is 0 Å². The molecule has 0 radical (unpaired) electrons. The standard InChI is InChI=1S/C9H14NO3P/c1-7-4-2-3-5-8(7)6-9(10)14(11,12)13/h2-5,9H,6,10H2,1H3,(H2,11,12,13). The van der Waals surface area contributed by atoms with Crippen LogP contribution in [0.2, 0.25) is 0 Å². The predicted molar refractivity (Wildman–Crippen MR) is 54.9 cm³/mol. The van der Waals surface area contributed by atoms with Gasteiger partial charge in [0, 0.05) is 0 Å². The third-order valence-corrected chi connectivity index (χ3v) is 3.17. The number of nitrogens with two attached hydrogens (primary N) is 1. The second-order valence-corrected chi connectivity index (χ2v) is 5.13. The van der Waals surface area contributed by atoms with Crippen LogP contribution in [0.25, 0.3) is 0 Å². The van der Waals surface area contributed by atoms with Crippen LogP contribution < -0.4 is 5.73 Å². The predicted octanol–water partition coefficient (Wildman–Crippen LogP) is 1.00. The van der Waals surface area contributed by atoms with Crippen molar-refractivity contribution in [1.82, 2.24) is 0 Å². The molecule has 1 atom stereocenters. The molecule has 0 amide bonds. The summed E-state index contributed by atoms with van der Waals surface area (Å²) in [5.41, 5.74) is 7.26. The molecular formula is C9H14NO3P. The number of aryl methyl sites for hydroxylation is 1. The van der Waals surface area contributed by atoms with Gasteiger partial charge in [0.1, 0.15) is 5.78 Å². The Balaban J connectivity index is 2.80. The first kappa shape index (κ1) is 11.4. The van der Waals surface area contributed by atoms with E-state index in [9.17, 15) is 4.57 Å². The molecule has 4 nitrogen and oxygen atoms in total. The molecule has 78 valence electrons. The van der Waals surface area contributed by atoms with Crippen molar-refractivity contribution in [2.75, 3.05) is 0 Å². The summed E-state index contributed by atoms with van der Waals surface area (Å²) in [6.07, 6.45) is 0.205. The van der Waals surface area contributed by atoms with Crippen LogP contribution in [0, 0.1) is 6.92 Å². The third-order valence-electron chi connectivity index (χ3n) is 2.12. The monoisotopic (exact) mass is 215 g/mol. The van der Waals surface area contributed by atoms with Gasteiger partial charge in [0.2, 0.25) is 0 Å². The SMILES string of the molecule is Cc1ccccc1CC(N)P(=O)(O)O. The second-order valence-electron chi connectivity index (χ2n) is 3.29. The van der Waals surface area contributed by atoms with E-state index < -0.39 is 13.4 Å². The molecule has 1 unspecified atom stereocenters. The Kier molecular flexibility index (Phi) is 3.45. The van der Waals surface area contributed by atoms with E-state index in [1.807, 2.05) is 31.2 Å². The maximum atomic E-state index is 10.8. The molecule has 0 saturated heterocycles. The van der Waals surface area contributed by atoms with Gasteiger partial charge in [0.25, 0.3) is 0 Å². The van der Waals surface area contributed by atoms with Gasteiger partial charge >= 0.3 is 7.60 Å². The lowest BCUT2D eigenvalue weighted by molar-refractivity contribution is 0.358. The van der Waals surface area contributed by atoms with Crippen molar-refractivity contribution in [2.45, 2.75) is 19.1 Å². The van der Waals surface area contributed by atoms with Crippen molar-refractivity contribution in [3.8, 4) is 0 Å². The first-order valence-corrected chi connectivity index (χ1v) is 5.94. The lowest BCUT2D eigenvalue weighted by Crippen LogP contribution is -2.23. The zero-order valence-corrected chi connectivity index (χ0v) is 8.82. The first-order valence-electron chi connectivity index (χ1n) is 4.26. The zero-order valence-electron chi connectivity index (χ0n) is 7.92. The summed E-state index contributed by atoms with van der Waals surface area (Å²) >= 11 is 0. The molecule has 0 heterocycles. The van der Waals surface area contributed by atoms with Gasteiger partial charge in [-0.05, 0) is 24.5 Å². The highest BCUT2D eigenvalue weighted by molar-refractivity contribution is 7.52. The van der Waals surface area contributed by atoms with E-state index in [0.717, 1.165) is 11.1 Å². The zero-order chi connectivity index (χ0) is 10.8. The van der Waals surface area contributed by atoms with Crippen molar-refractivity contribution >= 4 is 7.60 Å². The Morgan fingerprint density at radius 1 is 1.43 bits per heavy atom. The smallest absolute Gasteiger partial charge is 0.323 e. The molecule has 0 spiro atoms. The molecule has 0 aliphatic carbocycles. The van der Waals surface area contributed by atoms with Gasteiger partial charge in [-0.3, -0.25) is 4.57 Å². The van der Waals surface area contributed by atoms with Crippen molar-refractivity contribution in [1.29, 1.82) is 0 Å². The van der Waals surface area contributed by atoms with E-state index in [0.29, 0.717) is 0 Å². The molecule has 14 heavy (non-hydrogen) atoms. The summed E-state index contributed by atoms with van der Waals surface area (Å²) in [4.78, 5) is 17.6. The largest absolute Gasteiger partial charge is 0.342 e. The molecule has 4 N–H and O–H groups in total. The van der Waals surface area contributed by atoms with E-state index in [2.05, 4.69) is 0 Å². The Labute approximate surface area is 82.9 Å². The molecule has 0 saturated carbocycles. The van der Waals surface area contributed by atoms with Gasteiger partial charge in [-0.15, -0.1) is 0 Å². The van der Waals surface area contributed by atoms with Crippen LogP contribution in [-0.2, 0) is 11.0 Å². The van der Waals surface area contributed by atoms with Gasteiger partial charge < -0.3 is 15.5 Å². The molecule has 0 aromatic heterocycles. The minimum atomic E-state index is -4.16. The molecular weight excluding hydrogens is 201 g/mol. The fourth-order valence-electron chi connectivity index (χ4n) is 1.18. The third kappa shape index (κ3) is 2.93. The van der Waals surface area contributed by atoms with E-state index >= 15 is 0 Å². The Morgan fingerprint density at radius 3 is 2.50 bits per heavy atom. The van der Waals surface area contributed by atoms with Crippen molar-refractivity contribution < 1.29 is 14.4 Å². The molecule has 5 heteroatoms. The number of rotatable bonds is 3. The molecule has 0 fully saturated rings. The molecule has 1 aromatic rings. The average Bonchev–Trinajstić information content (AvgIpc) is 2.07. The van der Waals surface area contributed by atoms with Crippen molar-refractivity contribution in [3.05, 3.63) is 35.4 Å². The molecule has 0 bridgehead atoms. The summed E-state index contributed by atoms with van der Waals surface area (Å²) in [5.74, 6) is -1.11. The Morgan fingerprint density at radius 2 is 2.00 bits per heavy atom. The lowest BCUT2D eigenvalue weighted by atomic mass is 10.1. The maximum Gasteiger partial charge on any atom is 0.342 e. The average molecular weight is 215 g/mol. The van der Waals surface area contributed by atoms with Crippen LogP contribution in [0.15, 0.2) is 24.3 Å². The number of benzene rings is 1. The fraction of sp³-hybridized carbons (Fsp3) is 0.333. The maximum absolute atomic E-state index is 10.8. The van der Waals surface area contributed by atoms with Crippen LogP contribution in [0.4, 0.5) is 0 Å². The van der Waals surface area contributed by atoms with Crippen LogP contribution in [-0.4, -0.2) is 15.6 Å². The molecule has 0 aliphatic rings. The van der Waals surface area contributed by atoms with Crippen LogP contribution in [0.3, 0.4) is 0 Å². The highest BCUT2D eigenvalue weighted by Crippen LogP contribution is 2.39. The fourth-order valence-corrected chi connectivity index (χ4v) is 1.62. The van der Waals surface area contributed by atoms with Gasteiger partial charge in [-0.25, -0.2) is 0 Å². The Hall–Kier alpha value is -0.670. The van der Waals surface area contributed by atoms with E-state index in [4.69, 9.17) is 15.5 Å². The summed E-state index contributed by atoms with van der Waals surface area (Å²) in [6.45, 7) is 1.89. The summed E-state index contributed by atoms with van der Waals surface area (Å²) in [5, 5.41) is 0. The molecule has 0 aliphatic heterocycles. The molecule has 1 aromatic carbocycles. The lowest BCUT2D eigenvalue weighted by Gasteiger charge is -2.14. The topological polar surface area (TPSA) is 83.6 Å². The minimum Gasteiger partial charge on any atom is -0.323 e. The van der Waals surface area contributed by atoms with E-state index in [-0.39, 0.29) is 6.42 Å². The minimum absolute atomic E-state index is 0.205. The second kappa shape index (κ2) is 4.24. The van der Waals surface area contributed by atoms with Crippen LogP contribution >= 0.6 is 7.60 Å². The van der Waals surface area contributed by atoms with Crippen molar-refractivity contribution in [3.63, 3.8) is 0 Å². The molecule has 1 rings (SSSR count). The van der Waals surface area contributed by atoms with E-state index in [1.54, 1.807) is 0 Å². The van der Waals surface area contributed by atoms with E-state index in [1.165, 1.54) is 0 Å². The Bertz CT molecular complexity index is 361.